The van der Waals surface area contributed by atoms with Crippen LogP contribution in [0.4, 0.5) is 0 Å². The van der Waals surface area contributed by atoms with Gasteiger partial charge in [0.1, 0.15) is 17.2 Å². The number of hydrogen-bond donors (Lipinski definition) is 3. The molecule has 0 aliphatic carbocycles. The first-order valence-electron chi connectivity index (χ1n) is 10.5. The van der Waals surface area contributed by atoms with Gasteiger partial charge in [0.25, 0.3) is 0 Å². The molecule has 0 aromatic heterocycles. The van der Waals surface area contributed by atoms with Crippen LogP contribution >= 0.6 is 0 Å². The van der Waals surface area contributed by atoms with Crippen molar-refractivity contribution in [1.82, 2.24) is 0 Å². The number of benzene rings is 4. The highest BCUT2D eigenvalue weighted by Gasteiger charge is 2.17. The molecule has 0 radical (unpaired) electrons. The molecule has 0 spiro atoms. The maximum absolute atomic E-state index is 9.70. The third-order valence-electron chi connectivity index (χ3n) is 5.77. The molecule has 0 aliphatic rings. The molecule has 0 saturated heterocycles. The highest BCUT2D eigenvalue weighted by Crippen LogP contribution is 2.34. The fraction of sp³-hybridized carbons (Fsp3) is 0.143. The van der Waals surface area contributed by atoms with E-state index < -0.39 is 0 Å². The van der Waals surface area contributed by atoms with Gasteiger partial charge in [0, 0.05) is 5.92 Å². The van der Waals surface area contributed by atoms with Gasteiger partial charge >= 0.3 is 0 Å². The Hall–Kier alpha value is -3.72. The maximum atomic E-state index is 9.70. The Kier molecular flexibility index (Phi) is 5.94. The lowest BCUT2D eigenvalue weighted by molar-refractivity contribution is 0.474. The van der Waals surface area contributed by atoms with E-state index in [0.29, 0.717) is 5.92 Å². The molecular weight excluding hydrogens is 384 g/mol. The highest BCUT2D eigenvalue weighted by atomic mass is 16.3. The summed E-state index contributed by atoms with van der Waals surface area (Å²) in [6, 6.07) is 30.6. The summed E-state index contributed by atoms with van der Waals surface area (Å²) >= 11 is 0. The van der Waals surface area contributed by atoms with E-state index in [9.17, 15) is 15.3 Å². The molecule has 0 heterocycles. The van der Waals surface area contributed by atoms with Crippen LogP contribution in [0.15, 0.2) is 97.1 Å². The lowest BCUT2D eigenvalue weighted by Gasteiger charge is -2.20. The maximum Gasteiger partial charge on any atom is 0.115 e. The van der Waals surface area contributed by atoms with Gasteiger partial charge in [0.15, 0.2) is 0 Å². The second-order valence-corrected chi connectivity index (χ2v) is 8.05. The normalized spacial score (nSPS) is 12.1. The lowest BCUT2D eigenvalue weighted by atomic mass is 9.84. The molecule has 1 unspecified atom stereocenters. The molecule has 0 bridgehead atoms. The van der Waals surface area contributed by atoms with Crippen LogP contribution in [0.3, 0.4) is 0 Å². The Labute approximate surface area is 182 Å². The summed E-state index contributed by atoms with van der Waals surface area (Å²) in [6.07, 6.45) is 0.911. The summed E-state index contributed by atoms with van der Waals surface area (Å²) < 4.78 is 0. The summed E-state index contributed by atoms with van der Waals surface area (Å²) in [5, 5.41) is 28.9. The predicted molar refractivity (Wildman–Crippen MR) is 124 cm³/mol. The minimum atomic E-state index is 0.00442. The molecule has 0 aliphatic heterocycles. The van der Waals surface area contributed by atoms with Crippen molar-refractivity contribution in [1.29, 1.82) is 0 Å². The van der Waals surface area contributed by atoms with Gasteiger partial charge < -0.3 is 15.3 Å². The molecule has 156 valence electrons. The molecule has 0 fully saturated rings. The fourth-order valence-corrected chi connectivity index (χ4v) is 4.03. The Morgan fingerprint density at radius 2 is 0.806 bits per heavy atom. The third-order valence-corrected chi connectivity index (χ3v) is 5.77. The van der Waals surface area contributed by atoms with E-state index in [2.05, 4.69) is 31.2 Å². The molecule has 0 amide bonds. The van der Waals surface area contributed by atoms with Crippen LogP contribution in [0.2, 0.25) is 0 Å². The van der Waals surface area contributed by atoms with E-state index in [1.54, 1.807) is 36.4 Å². The first-order valence-corrected chi connectivity index (χ1v) is 10.5. The van der Waals surface area contributed by atoms with E-state index in [1.807, 2.05) is 36.4 Å². The molecule has 3 heteroatoms. The summed E-state index contributed by atoms with van der Waals surface area (Å²) in [5.41, 5.74) is 5.76. The second kappa shape index (κ2) is 8.97. The van der Waals surface area contributed by atoms with Gasteiger partial charge in [-0.3, -0.25) is 0 Å². The van der Waals surface area contributed by atoms with E-state index in [1.165, 1.54) is 11.1 Å². The predicted octanol–water partition coefficient (Wildman–Crippen LogP) is 6.33. The zero-order chi connectivity index (χ0) is 21.8. The van der Waals surface area contributed by atoms with Gasteiger partial charge in [-0.1, -0.05) is 67.6 Å². The molecule has 3 N–H and O–H groups in total. The Bertz CT molecular complexity index is 1070. The summed E-state index contributed by atoms with van der Waals surface area (Å²) in [4.78, 5) is 0. The van der Waals surface area contributed by atoms with Gasteiger partial charge in [-0.05, 0) is 76.6 Å². The highest BCUT2D eigenvalue weighted by molar-refractivity contribution is 5.46. The zero-order valence-electron chi connectivity index (χ0n) is 17.4. The van der Waals surface area contributed by atoms with Gasteiger partial charge in [0.05, 0.1) is 0 Å². The monoisotopic (exact) mass is 410 g/mol. The standard InChI is InChI=1S/C28H26O3/c1-19(21-6-12-25(29)13-7-21)18-20-2-4-22(5-3-20)28(23-8-14-26(30)15-9-23)24-10-16-27(31)17-11-24/h2-17,19,28-31H,18H2,1H3. The number of phenolic OH excluding ortho intramolecular Hbond substituents is 3. The van der Waals surface area contributed by atoms with Crippen LogP contribution < -0.4 is 0 Å². The van der Waals surface area contributed by atoms with Crippen LogP contribution in [0.25, 0.3) is 0 Å². The summed E-state index contributed by atoms with van der Waals surface area (Å²) in [6.45, 7) is 2.19. The van der Waals surface area contributed by atoms with Crippen molar-refractivity contribution in [2.45, 2.75) is 25.2 Å². The molecule has 31 heavy (non-hydrogen) atoms. The van der Waals surface area contributed by atoms with E-state index in [4.69, 9.17) is 0 Å². The van der Waals surface area contributed by atoms with E-state index >= 15 is 0 Å². The van der Waals surface area contributed by atoms with Crippen molar-refractivity contribution in [3.05, 3.63) is 125 Å². The first kappa shape index (κ1) is 20.5. The van der Waals surface area contributed by atoms with E-state index in [0.717, 1.165) is 23.1 Å². The second-order valence-electron chi connectivity index (χ2n) is 8.05. The average molecular weight is 411 g/mol. The van der Waals surface area contributed by atoms with Crippen molar-refractivity contribution in [2.24, 2.45) is 0 Å². The summed E-state index contributed by atoms with van der Waals surface area (Å²) in [7, 11) is 0. The van der Waals surface area contributed by atoms with Crippen molar-refractivity contribution < 1.29 is 15.3 Å². The quantitative estimate of drug-likeness (QED) is 0.326. The topological polar surface area (TPSA) is 60.7 Å². The Morgan fingerprint density at radius 3 is 1.19 bits per heavy atom. The molecule has 4 rings (SSSR count). The molecule has 4 aromatic rings. The van der Waals surface area contributed by atoms with Gasteiger partial charge in [0.2, 0.25) is 0 Å². The SMILES string of the molecule is CC(Cc1ccc(C(c2ccc(O)cc2)c2ccc(O)cc2)cc1)c1ccc(O)cc1. The Balaban J connectivity index is 1.60. The zero-order valence-corrected chi connectivity index (χ0v) is 17.4. The van der Waals surface area contributed by atoms with Crippen molar-refractivity contribution >= 4 is 0 Å². The van der Waals surface area contributed by atoms with Crippen LogP contribution in [-0.4, -0.2) is 15.3 Å². The first-order chi connectivity index (χ1) is 15.0. The number of aromatic hydroxyl groups is 3. The largest absolute Gasteiger partial charge is 0.508 e. The van der Waals surface area contributed by atoms with E-state index in [-0.39, 0.29) is 23.2 Å². The molecule has 0 saturated carbocycles. The Morgan fingerprint density at radius 1 is 0.484 bits per heavy atom. The molecule has 3 nitrogen and oxygen atoms in total. The van der Waals surface area contributed by atoms with Crippen LogP contribution in [-0.2, 0) is 6.42 Å². The van der Waals surface area contributed by atoms with Gasteiger partial charge in [-0.15, -0.1) is 0 Å². The fourth-order valence-electron chi connectivity index (χ4n) is 4.03. The van der Waals surface area contributed by atoms with Gasteiger partial charge in [-0.2, -0.15) is 0 Å². The number of hydrogen-bond acceptors (Lipinski definition) is 3. The average Bonchev–Trinajstić information content (AvgIpc) is 2.78. The number of phenols is 3. The van der Waals surface area contributed by atoms with Crippen LogP contribution in [0, 0.1) is 0 Å². The number of rotatable bonds is 6. The minimum absolute atomic E-state index is 0.00442. The minimum Gasteiger partial charge on any atom is -0.508 e. The molecule has 1 atom stereocenters. The van der Waals surface area contributed by atoms with Crippen LogP contribution in [0.5, 0.6) is 17.2 Å². The van der Waals surface area contributed by atoms with Crippen molar-refractivity contribution in [3.8, 4) is 17.2 Å². The van der Waals surface area contributed by atoms with Crippen molar-refractivity contribution in [2.75, 3.05) is 0 Å². The van der Waals surface area contributed by atoms with Crippen LogP contribution in [0.1, 0.15) is 46.6 Å². The lowest BCUT2D eigenvalue weighted by Crippen LogP contribution is -2.04. The van der Waals surface area contributed by atoms with Crippen molar-refractivity contribution in [3.63, 3.8) is 0 Å². The third kappa shape index (κ3) is 4.89. The smallest absolute Gasteiger partial charge is 0.115 e. The van der Waals surface area contributed by atoms with Gasteiger partial charge in [-0.25, -0.2) is 0 Å². The molecule has 4 aromatic carbocycles. The summed E-state index contributed by atoms with van der Waals surface area (Å²) in [5.74, 6) is 1.12. The molecular formula is C28H26O3.